The molecule has 1 N–H and O–H groups in total. The summed E-state index contributed by atoms with van der Waals surface area (Å²) in [5, 5.41) is 2.96. The van der Waals surface area contributed by atoms with Gasteiger partial charge in [0.15, 0.2) is 9.84 Å². The Hall–Kier alpha value is -0.330. The lowest BCUT2D eigenvalue weighted by Crippen LogP contribution is -2.45. The van der Waals surface area contributed by atoms with Crippen molar-refractivity contribution in [1.29, 1.82) is 0 Å². The summed E-state index contributed by atoms with van der Waals surface area (Å²) in [5.74, 6) is -0.499. The van der Waals surface area contributed by atoms with E-state index in [1.807, 2.05) is 6.92 Å². The molecule has 1 unspecified atom stereocenters. The molecule has 0 aromatic rings. The average Bonchev–Trinajstić information content (AvgIpc) is 3.07. The number of nitrogens with zero attached hydrogens (tertiary/aromatic N) is 1. The number of nitrogens with one attached hydrogen (secondary N) is 1. The Labute approximate surface area is 134 Å². The van der Waals surface area contributed by atoms with Gasteiger partial charge in [-0.05, 0) is 32.2 Å². The molecule has 1 aliphatic heterocycles. The fraction of sp³-hybridized carbons (Fsp3) is 0.929. The molecule has 124 valence electrons. The Morgan fingerprint density at radius 2 is 1.90 bits per heavy atom. The minimum atomic E-state index is -3.26. The molecule has 0 bridgehead atoms. The molecule has 1 amide bonds. The van der Waals surface area contributed by atoms with Gasteiger partial charge >= 0.3 is 0 Å². The molecule has 5 nitrogen and oxygen atoms in total. The first-order valence-corrected chi connectivity index (χ1v) is 9.48. The van der Waals surface area contributed by atoms with E-state index >= 15 is 0 Å². The number of rotatable bonds is 6. The van der Waals surface area contributed by atoms with Crippen LogP contribution in [0.2, 0.25) is 0 Å². The van der Waals surface area contributed by atoms with E-state index in [0.29, 0.717) is 6.54 Å². The molecule has 1 saturated heterocycles. The van der Waals surface area contributed by atoms with E-state index in [1.54, 1.807) is 4.90 Å². The highest BCUT2D eigenvalue weighted by Crippen LogP contribution is 2.25. The lowest BCUT2D eigenvalue weighted by atomic mass is 10.2. The Morgan fingerprint density at radius 1 is 1.24 bits per heavy atom. The quantitative estimate of drug-likeness (QED) is 0.794. The standard InChI is InChI=1S/C14H26N2O3S.ClH/c1-2-9-16(12-7-8-15-10-12)14(17)11-20(18,19)13-5-3-4-6-13;/h12-13,15H,2-11H2,1H3;1H. The van der Waals surface area contributed by atoms with Crippen molar-refractivity contribution in [3.05, 3.63) is 0 Å². The highest BCUT2D eigenvalue weighted by molar-refractivity contribution is 7.92. The molecule has 2 fully saturated rings. The molecule has 1 aliphatic carbocycles. The molecule has 0 spiro atoms. The van der Waals surface area contributed by atoms with E-state index in [4.69, 9.17) is 0 Å². The van der Waals surface area contributed by atoms with Crippen LogP contribution in [0, 0.1) is 0 Å². The van der Waals surface area contributed by atoms with Crippen LogP contribution >= 0.6 is 12.4 Å². The predicted octanol–water partition coefficient (Wildman–Crippen LogP) is 1.37. The monoisotopic (exact) mass is 338 g/mol. The van der Waals surface area contributed by atoms with Crippen molar-refractivity contribution in [2.45, 2.75) is 56.7 Å². The summed E-state index contributed by atoms with van der Waals surface area (Å²) in [5.41, 5.74) is 0. The zero-order chi connectivity index (χ0) is 14.6. The summed E-state index contributed by atoms with van der Waals surface area (Å²) < 4.78 is 24.6. The first-order chi connectivity index (χ1) is 9.54. The van der Waals surface area contributed by atoms with Gasteiger partial charge in [-0.15, -0.1) is 12.4 Å². The second kappa shape index (κ2) is 8.34. The van der Waals surface area contributed by atoms with Crippen LogP contribution in [0.3, 0.4) is 0 Å². The summed E-state index contributed by atoms with van der Waals surface area (Å²) >= 11 is 0. The van der Waals surface area contributed by atoms with Gasteiger partial charge < -0.3 is 10.2 Å². The Bertz CT molecular complexity index is 430. The maximum Gasteiger partial charge on any atom is 0.238 e. The van der Waals surface area contributed by atoms with Crippen molar-refractivity contribution in [2.75, 3.05) is 25.4 Å². The zero-order valence-corrected chi connectivity index (χ0v) is 14.3. The Kier molecular flexibility index (Phi) is 7.44. The van der Waals surface area contributed by atoms with Crippen LogP contribution in [0.1, 0.15) is 45.4 Å². The minimum absolute atomic E-state index is 0. The second-order valence-electron chi connectivity index (χ2n) is 5.95. The van der Waals surface area contributed by atoms with Gasteiger partial charge in [-0.1, -0.05) is 19.8 Å². The normalized spacial score (nSPS) is 23.0. The SMILES string of the molecule is CCCN(C(=O)CS(=O)(=O)C1CCCC1)C1CCNC1.Cl. The number of carbonyl (C=O) groups excluding carboxylic acids is 1. The largest absolute Gasteiger partial charge is 0.338 e. The minimum Gasteiger partial charge on any atom is -0.338 e. The molecule has 2 aliphatic rings. The number of hydrogen-bond donors (Lipinski definition) is 1. The van der Waals surface area contributed by atoms with E-state index in [1.165, 1.54) is 0 Å². The Balaban J connectivity index is 0.00000220. The van der Waals surface area contributed by atoms with Crippen molar-refractivity contribution in [1.82, 2.24) is 10.2 Å². The lowest BCUT2D eigenvalue weighted by Gasteiger charge is -2.28. The van der Waals surface area contributed by atoms with Crippen molar-refractivity contribution in [2.24, 2.45) is 0 Å². The summed E-state index contributed by atoms with van der Waals surface area (Å²) in [6.45, 7) is 4.38. The molecule has 1 atom stereocenters. The van der Waals surface area contributed by atoms with Gasteiger partial charge in [-0.2, -0.15) is 0 Å². The van der Waals surface area contributed by atoms with Gasteiger partial charge in [0.25, 0.3) is 0 Å². The topological polar surface area (TPSA) is 66.5 Å². The van der Waals surface area contributed by atoms with E-state index in [2.05, 4.69) is 5.32 Å². The fourth-order valence-electron chi connectivity index (χ4n) is 3.28. The summed E-state index contributed by atoms with van der Waals surface area (Å²) in [6, 6.07) is 0.168. The lowest BCUT2D eigenvalue weighted by molar-refractivity contribution is -0.130. The van der Waals surface area contributed by atoms with Crippen LogP contribution < -0.4 is 5.32 Å². The van der Waals surface area contributed by atoms with Crippen molar-refractivity contribution in [3.63, 3.8) is 0 Å². The second-order valence-corrected chi connectivity index (χ2v) is 8.23. The van der Waals surface area contributed by atoms with Crippen molar-refractivity contribution in [3.8, 4) is 0 Å². The average molecular weight is 339 g/mol. The third-order valence-electron chi connectivity index (χ3n) is 4.39. The highest BCUT2D eigenvalue weighted by atomic mass is 35.5. The number of carbonyl (C=O) groups is 1. The maximum absolute atomic E-state index is 12.4. The highest BCUT2D eigenvalue weighted by Gasteiger charge is 2.34. The number of sulfone groups is 1. The molecule has 1 saturated carbocycles. The molecule has 0 aromatic heterocycles. The molecule has 21 heavy (non-hydrogen) atoms. The van der Waals surface area contributed by atoms with Crippen molar-refractivity contribution < 1.29 is 13.2 Å². The van der Waals surface area contributed by atoms with Gasteiger partial charge in [-0.25, -0.2) is 8.42 Å². The van der Waals surface area contributed by atoms with Gasteiger partial charge in [0.05, 0.1) is 5.25 Å². The van der Waals surface area contributed by atoms with Crippen LogP contribution in [-0.2, 0) is 14.6 Å². The first-order valence-electron chi connectivity index (χ1n) is 7.76. The zero-order valence-electron chi connectivity index (χ0n) is 12.7. The number of halogens is 1. The first kappa shape index (κ1) is 18.7. The number of amides is 1. The molecule has 0 aromatic carbocycles. The van der Waals surface area contributed by atoms with Gasteiger partial charge in [0, 0.05) is 19.1 Å². The molecule has 2 rings (SSSR count). The summed E-state index contributed by atoms with van der Waals surface area (Å²) in [4.78, 5) is 14.2. The Morgan fingerprint density at radius 3 is 2.43 bits per heavy atom. The fourth-order valence-corrected chi connectivity index (χ4v) is 5.07. The van der Waals surface area contributed by atoms with Crippen LogP contribution in [0.15, 0.2) is 0 Å². The van der Waals surface area contributed by atoms with Crippen LogP contribution in [0.4, 0.5) is 0 Å². The molecular formula is C14H27ClN2O3S. The van der Waals surface area contributed by atoms with E-state index < -0.39 is 9.84 Å². The number of hydrogen-bond acceptors (Lipinski definition) is 4. The van der Waals surface area contributed by atoms with Crippen molar-refractivity contribution >= 4 is 28.2 Å². The van der Waals surface area contributed by atoms with E-state index in [0.717, 1.165) is 51.6 Å². The van der Waals surface area contributed by atoms with E-state index in [9.17, 15) is 13.2 Å². The molecule has 7 heteroatoms. The molecule has 0 radical (unpaired) electrons. The third-order valence-corrected chi connectivity index (χ3v) is 6.53. The maximum atomic E-state index is 12.4. The van der Waals surface area contributed by atoms with E-state index in [-0.39, 0.29) is 35.4 Å². The molecular weight excluding hydrogens is 312 g/mol. The summed E-state index contributed by atoms with van der Waals surface area (Å²) in [6.07, 6.45) is 5.20. The van der Waals surface area contributed by atoms with Crippen LogP contribution in [-0.4, -0.2) is 55.9 Å². The van der Waals surface area contributed by atoms with Crippen LogP contribution in [0.5, 0.6) is 0 Å². The third kappa shape index (κ3) is 4.83. The van der Waals surface area contributed by atoms with Crippen LogP contribution in [0.25, 0.3) is 0 Å². The van der Waals surface area contributed by atoms with Gasteiger partial charge in [-0.3, -0.25) is 4.79 Å². The van der Waals surface area contributed by atoms with Gasteiger partial charge in [0.1, 0.15) is 5.75 Å². The predicted molar refractivity (Wildman–Crippen MR) is 86.6 cm³/mol. The summed E-state index contributed by atoms with van der Waals surface area (Å²) in [7, 11) is -3.26. The smallest absolute Gasteiger partial charge is 0.238 e. The molecule has 1 heterocycles. The van der Waals surface area contributed by atoms with Gasteiger partial charge in [0.2, 0.25) is 5.91 Å².